The summed E-state index contributed by atoms with van der Waals surface area (Å²) in [5.41, 5.74) is 2.05. The van der Waals surface area contributed by atoms with E-state index in [0.29, 0.717) is 11.8 Å². The van der Waals surface area contributed by atoms with Crippen molar-refractivity contribution < 1.29 is 14.6 Å². The Balaban J connectivity index is 1.40. The second-order valence-corrected chi connectivity index (χ2v) is 12.6. The van der Waals surface area contributed by atoms with Gasteiger partial charge in [-0.2, -0.15) is 0 Å². The lowest BCUT2D eigenvalue weighted by atomic mass is 9.47. The van der Waals surface area contributed by atoms with E-state index in [0.717, 1.165) is 43.3 Å². The first-order valence-corrected chi connectivity index (χ1v) is 14.0. The van der Waals surface area contributed by atoms with Crippen LogP contribution < -0.4 is 0 Å². The van der Waals surface area contributed by atoms with Gasteiger partial charge in [0, 0.05) is 24.0 Å². The standard InChI is InChI=1S/C29H40O3S/c1-19(30)25-11-12-27-24-10-9-21-17-22(32-20(2)31)13-15-28(21,3)26(24)14-16-29(25,27)18-33-23-7-5-4-6-8-23/h4-9,19,22,24-27,30H,10-18H2,1-3H3/t19-,22+,24-,25-,26+,27+,28+,29+/m1/s1. The number of rotatable bonds is 5. The summed E-state index contributed by atoms with van der Waals surface area (Å²) in [6, 6.07) is 10.8. The van der Waals surface area contributed by atoms with Crippen molar-refractivity contribution in [3.8, 4) is 0 Å². The van der Waals surface area contributed by atoms with E-state index in [4.69, 9.17) is 4.74 Å². The van der Waals surface area contributed by atoms with E-state index in [1.807, 2.05) is 18.7 Å². The second-order valence-electron chi connectivity index (χ2n) is 11.5. The third-order valence-electron chi connectivity index (χ3n) is 10.0. The van der Waals surface area contributed by atoms with Crippen LogP contribution in [0.15, 0.2) is 46.9 Å². The summed E-state index contributed by atoms with van der Waals surface area (Å²) in [7, 11) is 0. The molecule has 180 valence electrons. The van der Waals surface area contributed by atoms with E-state index < -0.39 is 0 Å². The highest BCUT2D eigenvalue weighted by atomic mass is 32.2. The minimum absolute atomic E-state index is 0.0643. The number of carbonyl (C=O) groups excluding carboxylic acids is 1. The van der Waals surface area contributed by atoms with Crippen LogP contribution in [0.4, 0.5) is 0 Å². The molecular weight excluding hydrogens is 428 g/mol. The van der Waals surface area contributed by atoms with Gasteiger partial charge >= 0.3 is 5.97 Å². The van der Waals surface area contributed by atoms with Gasteiger partial charge in [-0.3, -0.25) is 4.79 Å². The van der Waals surface area contributed by atoms with Gasteiger partial charge in [-0.05, 0) is 98.5 Å². The van der Waals surface area contributed by atoms with Gasteiger partial charge in [0.1, 0.15) is 6.10 Å². The minimum Gasteiger partial charge on any atom is -0.462 e. The highest BCUT2D eigenvalue weighted by Gasteiger charge is 2.61. The quantitative estimate of drug-likeness (QED) is 0.298. The summed E-state index contributed by atoms with van der Waals surface area (Å²) in [6.45, 7) is 6.07. The van der Waals surface area contributed by atoms with Crippen molar-refractivity contribution in [3.05, 3.63) is 42.0 Å². The van der Waals surface area contributed by atoms with Gasteiger partial charge in [-0.25, -0.2) is 0 Å². The number of benzene rings is 1. The summed E-state index contributed by atoms with van der Waals surface area (Å²) < 4.78 is 5.61. The largest absolute Gasteiger partial charge is 0.462 e. The maximum atomic E-state index is 11.5. The van der Waals surface area contributed by atoms with Crippen molar-refractivity contribution in [2.75, 3.05) is 5.75 Å². The van der Waals surface area contributed by atoms with E-state index in [-0.39, 0.29) is 29.0 Å². The summed E-state index contributed by atoms with van der Waals surface area (Å²) >= 11 is 2.01. The van der Waals surface area contributed by atoms with E-state index in [9.17, 15) is 9.90 Å². The van der Waals surface area contributed by atoms with Crippen molar-refractivity contribution in [1.82, 2.24) is 0 Å². The molecule has 8 atom stereocenters. The molecule has 5 rings (SSSR count). The van der Waals surface area contributed by atoms with Crippen molar-refractivity contribution in [2.45, 2.75) is 89.2 Å². The number of ether oxygens (including phenoxy) is 1. The first-order chi connectivity index (χ1) is 15.8. The van der Waals surface area contributed by atoms with Crippen LogP contribution in [-0.4, -0.2) is 29.0 Å². The molecule has 1 aromatic carbocycles. The molecule has 0 bridgehead atoms. The van der Waals surface area contributed by atoms with Crippen molar-refractivity contribution in [1.29, 1.82) is 0 Å². The molecule has 4 heteroatoms. The predicted octanol–water partition coefficient (Wildman–Crippen LogP) is 6.65. The number of esters is 1. The molecule has 0 radical (unpaired) electrons. The summed E-state index contributed by atoms with van der Waals surface area (Å²) in [6.07, 6.45) is 11.5. The molecule has 3 saturated carbocycles. The van der Waals surface area contributed by atoms with Gasteiger partial charge in [0.25, 0.3) is 0 Å². The van der Waals surface area contributed by atoms with Crippen LogP contribution >= 0.6 is 11.8 Å². The lowest BCUT2D eigenvalue weighted by molar-refractivity contribution is -0.148. The van der Waals surface area contributed by atoms with E-state index in [1.54, 1.807) is 5.57 Å². The molecule has 0 unspecified atom stereocenters. The minimum atomic E-state index is -0.229. The smallest absolute Gasteiger partial charge is 0.302 e. The summed E-state index contributed by atoms with van der Waals surface area (Å²) in [5, 5.41) is 10.8. The first kappa shape index (κ1) is 23.5. The van der Waals surface area contributed by atoms with Crippen LogP contribution in [0.2, 0.25) is 0 Å². The summed E-state index contributed by atoms with van der Waals surface area (Å²) in [5.74, 6) is 3.54. The van der Waals surface area contributed by atoms with Crippen LogP contribution in [0, 0.1) is 34.5 Å². The molecule has 0 heterocycles. The molecule has 0 amide bonds. The van der Waals surface area contributed by atoms with E-state index >= 15 is 0 Å². The maximum Gasteiger partial charge on any atom is 0.302 e. The molecule has 1 aromatic rings. The first-order valence-electron chi connectivity index (χ1n) is 13.1. The SMILES string of the molecule is CC(=O)O[C@H]1CC[C@@]2(C)C(=CC[C@H]3[C@@H]4CC[C@H]([C@@H](C)O)[C@@]4(CSc4ccccc4)CC[C@@H]32)C1. The molecule has 0 aliphatic heterocycles. The van der Waals surface area contributed by atoms with Gasteiger partial charge in [0.15, 0.2) is 0 Å². The molecule has 0 saturated heterocycles. The van der Waals surface area contributed by atoms with Crippen LogP contribution in [0.25, 0.3) is 0 Å². The van der Waals surface area contributed by atoms with Crippen LogP contribution in [0.3, 0.4) is 0 Å². The Hall–Kier alpha value is -1.26. The Morgan fingerprint density at radius 3 is 2.67 bits per heavy atom. The van der Waals surface area contributed by atoms with Crippen LogP contribution in [0.1, 0.15) is 72.1 Å². The highest BCUT2D eigenvalue weighted by molar-refractivity contribution is 7.99. The average molecular weight is 469 g/mol. The number of hydrogen-bond donors (Lipinski definition) is 1. The van der Waals surface area contributed by atoms with Gasteiger partial charge in [0.2, 0.25) is 0 Å². The number of allylic oxidation sites excluding steroid dienone is 1. The predicted molar refractivity (Wildman–Crippen MR) is 134 cm³/mol. The average Bonchev–Trinajstić information content (AvgIpc) is 3.18. The molecule has 4 aliphatic carbocycles. The number of thioether (sulfide) groups is 1. The van der Waals surface area contributed by atoms with Gasteiger partial charge in [0.05, 0.1) is 6.10 Å². The van der Waals surface area contributed by atoms with Crippen LogP contribution in [0.5, 0.6) is 0 Å². The topological polar surface area (TPSA) is 46.5 Å². The lowest BCUT2D eigenvalue weighted by Crippen LogP contribution is -2.53. The Bertz CT molecular complexity index is 895. The fraction of sp³-hybridized carbons (Fsp3) is 0.690. The third-order valence-corrected chi connectivity index (χ3v) is 11.3. The summed E-state index contributed by atoms with van der Waals surface area (Å²) in [4.78, 5) is 12.9. The lowest BCUT2D eigenvalue weighted by Gasteiger charge is -2.59. The fourth-order valence-electron chi connectivity index (χ4n) is 8.56. The molecule has 1 N–H and O–H groups in total. The molecule has 33 heavy (non-hydrogen) atoms. The molecule has 4 aliphatic rings. The number of aliphatic hydroxyl groups is 1. The number of carbonyl (C=O) groups is 1. The highest BCUT2D eigenvalue weighted by Crippen LogP contribution is 2.67. The zero-order valence-corrected chi connectivity index (χ0v) is 21.3. The number of hydrogen-bond acceptors (Lipinski definition) is 4. The number of fused-ring (bicyclic) bond motifs is 5. The second kappa shape index (κ2) is 9.07. The Morgan fingerprint density at radius 1 is 1.15 bits per heavy atom. The molecule has 3 fully saturated rings. The van der Waals surface area contributed by atoms with E-state index in [2.05, 4.69) is 43.3 Å². The zero-order chi connectivity index (χ0) is 23.2. The van der Waals surface area contributed by atoms with Crippen LogP contribution in [-0.2, 0) is 9.53 Å². The third kappa shape index (κ3) is 4.10. The van der Waals surface area contributed by atoms with Gasteiger partial charge in [-0.15, -0.1) is 11.8 Å². The Morgan fingerprint density at radius 2 is 1.94 bits per heavy atom. The fourth-order valence-corrected chi connectivity index (χ4v) is 9.91. The van der Waals surface area contributed by atoms with Gasteiger partial charge in [-0.1, -0.05) is 36.8 Å². The molecule has 0 spiro atoms. The normalized spacial score (nSPS) is 40.7. The number of aliphatic hydroxyl groups excluding tert-OH is 1. The molecule has 3 nitrogen and oxygen atoms in total. The Labute approximate surface area is 203 Å². The van der Waals surface area contributed by atoms with Gasteiger partial charge < -0.3 is 9.84 Å². The van der Waals surface area contributed by atoms with E-state index in [1.165, 1.54) is 37.5 Å². The Kier molecular flexibility index (Phi) is 6.46. The maximum absolute atomic E-state index is 11.5. The van der Waals surface area contributed by atoms with Crippen molar-refractivity contribution >= 4 is 17.7 Å². The van der Waals surface area contributed by atoms with Crippen molar-refractivity contribution in [2.24, 2.45) is 34.5 Å². The van der Waals surface area contributed by atoms with Crippen molar-refractivity contribution in [3.63, 3.8) is 0 Å². The zero-order valence-electron chi connectivity index (χ0n) is 20.5. The molecule has 0 aromatic heterocycles. The monoisotopic (exact) mass is 468 g/mol. The molecular formula is C29H40O3S.